The van der Waals surface area contributed by atoms with Crippen LogP contribution >= 0.6 is 0 Å². The van der Waals surface area contributed by atoms with Gasteiger partial charge in [0.2, 0.25) is 0 Å². The maximum Gasteiger partial charge on any atom is 0.0344 e. The molecule has 1 aliphatic heterocycles. The van der Waals surface area contributed by atoms with E-state index >= 15 is 0 Å². The van der Waals surface area contributed by atoms with Gasteiger partial charge in [-0.3, -0.25) is 0 Å². The van der Waals surface area contributed by atoms with Gasteiger partial charge in [-0.05, 0) is 49.2 Å². The summed E-state index contributed by atoms with van der Waals surface area (Å²) in [5.74, 6) is 0. The van der Waals surface area contributed by atoms with E-state index in [2.05, 4.69) is 37.1 Å². The fourth-order valence-electron chi connectivity index (χ4n) is 1.91. The molecule has 1 heterocycles. The molecule has 2 rings (SSSR count). The highest BCUT2D eigenvalue weighted by atomic mass is 15.1. The number of hydrogen-bond acceptors (Lipinski definition) is 2. The number of nitrogens with zero attached hydrogens (tertiary/aromatic N) is 1. The van der Waals surface area contributed by atoms with Gasteiger partial charge in [0.1, 0.15) is 0 Å². The molecule has 0 aliphatic carbocycles. The average Bonchev–Trinajstić information content (AvgIpc) is 2.23. The zero-order valence-electron chi connectivity index (χ0n) is 9.46. The number of aryl methyl sites for hydroxylation is 1. The van der Waals surface area contributed by atoms with Crippen LogP contribution in [0.25, 0.3) is 5.57 Å². The zero-order chi connectivity index (χ0) is 10.8. The Labute approximate surface area is 91.4 Å². The van der Waals surface area contributed by atoms with Gasteiger partial charge in [-0.15, -0.1) is 0 Å². The van der Waals surface area contributed by atoms with Gasteiger partial charge in [-0.25, -0.2) is 0 Å². The van der Waals surface area contributed by atoms with Crippen LogP contribution in [0.2, 0.25) is 0 Å². The van der Waals surface area contributed by atoms with Gasteiger partial charge in [0.05, 0.1) is 0 Å². The smallest absolute Gasteiger partial charge is 0.0344 e. The Kier molecular flexibility index (Phi) is 2.78. The maximum atomic E-state index is 5.81. The van der Waals surface area contributed by atoms with Crippen molar-refractivity contribution in [2.45, 2.75) is 13.3 Å². The molecule has 0 radical (unpaired) electrons. The molecule has 80 valence electrons. The lowest BCUT2D eigenvalue weighted by molar-refractivity contribution is 0.370. The summed E-state index contributed by atoms with van der Waals surface area (Å²) in [6.07, 6.45) is 3.45. The Morgan fingerprint density at radius 1 is 1.33 bits per heavy atom. The molecule has 1 aromatic rings. The highest BCUT2D eigenvalue weighted by Gasteiger charge is 2.09. The van der Waals surface area contributed by atoms with Gasteiger partial charge in [-0.1, -0.05) is 12.1 Å². The van der Waals surface area contributed by atoms with Crippen molar-refractivity contribution in [3.05, 3.63) is 35.4 Å². The number of benzene rings is 1. The van der Waals surface area contributed by atoms with Crippen LogP contribution in [0.3, 0.4) is 0 Å². The van der Waals surface area contributed by atoms with Crippen molar-refractivity contribution in [1.29, 1.82) is 0 Å². The number of nitrogens with two attached hydrogens (primary N) is 1. The summed E-state index contributed by atoms with van der Waals surface area (Å²) in [4.78, 5) is 2.33. The van der Waals surface area contributed by atoms with E-state index in [-0.39, 0.29) is 0 Å². The summed E-state index contributed by atoms with van der Waals surface area (Å²) in [6.45, 7) is 4.27. The van der Waals surface area contributed by atoms with Crippen molar-refractivity contribution in [2.24, 2.45) is 0 Å². The third-order valence-corrected chi connectivity index (χ3v) is 3.05. The van der Waals surface area contributed by atoms with Crippen LogP contribution in [0.5, 0.6) is 0 Å². The first-order valence-electron chi connectivity index (χ1n) is 5.41. The molecule has 0 amide bonds. The van der Waals surface area contributed by atoms with Crippen LogP contribution in [-0.2, 0) is 0 Å². The van der Waals surface area contributed by atoms with Gasteiger partial charge in [0.25, 0.3) is 0 Å². The molecular weight excluding hydrogens is 184 g/mol. The summed E-state index contributed by atoms with van der Waals surface area (Å²) in [6, 6.07) is 6.32. The molecule has 0 saturated heterocycles. The molecule has 15 heavy (non-hydrogen) atoms. The normalized spacial score (nSPS) is 17.6. The zero-order valence-corrected chi connectivity index (χ0v) is 9.46. The van der Waals surface area contributed by atoms with Crippen LogP contribution in [0.1, 0.15) is 17.5 Å². The Morgan fingerprint density at radius 3 is 2.73 bits per heavy atom. The molecule has 0 unspecified atom stereocenters. The SMILES string of the molecule is Cc1cc(C2=CCN(C)CC2)ccc1N. The van der Waals surface area contributed by atoms with Crippen molar-refractivity contribution >= 4 is 11.3 Å². The molecule has 0 atom stereocenters. The van der Waals surface area contributed by atoms with E-state index in [4.69, 9.17) is 5.73 Å². The third-order valence-electron chi connectivity index (χ3n) is 3.05. The number of nitrogen functional groups attached to an aromatic ring is 1. The minimum Gasteiger partial charge on any atom is -0.399 e. The van der Waals surface area contributed by atoms with Gasteiger partial charge < -0.3 is 10.6 Å². The predicted molar refractivity (Wildman–Crippen MR) is 65.7 cm³/mol. The number of likely N-dealkylation sites (N-methyl/N-ethyl adjacent to an activating group) is 1. The molecule has 1 aliphatic rings. The van der Waals surface area contributed by atoms with E-state index in [1.807, 2.05) is 6.07 Å². The topological polar surface area (TPSA) is 29.3 Å². The molecule has 0 aromatic heterocycles. The molecule has 2 heteroatoms. The highest BCUT2D eigenvalue weighted by Crippen LogP contribution is 2.24. The van der Waals surface area contributed by atoms with E-state index in [1.54, 1.807) is 0 Å². The highest BCUT2D eigenvalue weighted by molar-refractivity contribution is 5.69. The van der Waals surface area contributed by atoms with Gasteiger partial charge >= 0.3 is 0 Å². The second kappa shape index (κ2) is 4.07. The van der Waals surface area contributed by atoms with Crippen LogP contribution in [0.15, 0.2) is 24.3 Å². The van der Waals surface area contributed by atoms with Gasteiger partial charge in [0, 0.05) is 18.8 Å². The molecular formula is C13H18N2. The number of anilines is 1. The minimum atomic E-state index is 0.882. The van der Waals surface area contributed by atoms with Crippen molar-refractivity contribution in [1.82, 2.24) is 4.90 Å². The first-order valence-corrected chi connectivity index (χ1v) is 5.41. The molecule has 0 saturated carbocycles. The Morgan fingerprint density at radius 2 is 2.13 bits per heavy atom. The third kappa shape index (κ3) is 2.21. The molecule has 0 bridgehead atoms. The lowest BCUT2D eigenvalue weighted by Gasteiger charge is -2.22. The van der Waals surface area contributed by atoms with Crippen LogP contribution in [0, 0.1) is 6.92 Å². The largest absolute Gasteiger partial charge is 0.399 e. The second-order valence-electron chi connectivity index (χ2n) is 4.31. The number of rotatable bonds is 1. The summed E-state index contributed by atoms with van der Waals surface area (Å²) >= 11 is 0. The van der Waals surface area contributed by atoms with Crippen molar-refractivity contribution in [3.63, 3.8) is 0 Å². The van der Waals surface area contributed by atoms with Crippen LogP contribution in [-0.4, -0.2) is 25.0 Å². The second-order valence-corrected chi connectivity index (χ2v) is 4.31. The first-order chi connectivity index (χ1) is 7.16. The molecule has 0 fully saturated rings. The Balaban J connectivity index is 2.26. The molecule has 1 aromatic carbocycles. The van der Waals surface area contributed by atoms with Crippen molar-refractivity contribution < 1.29 is 0 Å². The first kappa shape index (κ1) is 10.2. The Hall–Kier alpha value is -1.28. The molecule has 2 nitrogen and oxygen atoms in total. The average molecular weight is 202 g/mol. The lowest BCUT2D eigenvalue weighted by Crippen LogP contribution is -2.23. The van der Waals surface area contributed by atoms with Gasteiger partial charge in [0.15, 0.2) is 0 Å². The van der Waals surface area contributed by atoms with Gasteiger partial charge in [-0.2, -0.15) is 0 Å². The van der Waals surface area contributed by atoms with Crippen molar-refractivity contribution in [3.8, 4) is 0 Å². The van der Waals surface area contributed by atoms with E-state index in [0.29, 0.717) is 0 Å². The quantitative estimate of drug-likeness (QED) is 0.708. The van der Waals surface area contributed by atoms with E-state index in [0.717, 1.165) is 25.2 Å². The standard InChI is InChI=1S/C13H18N2/c1-10-9-12(3-4-13(10)14)11-5-7-15(2)8-6-11/h3-5,9H,6-8,14H2,1-2H3. The minimum absolute atomic E-state index is 0.882. The predicted octanol–water partition coefficient (Wildman–Crippen LogP) is 2.30. The Bertz CT molecular complexity index is 394. The number of hydrogen-bond donors (Lipinski definition) is 1. The summed E-state index contributed by atoms with van der Waals surface area (Å²) < 4.78 is 0. The van der Waals surface area contributed by atoms with E-state index in [9.17, 15) is 0 Å². The van der Waals surface area contributed by atoms with Crippen LogP contribution in [0.4, 0.5) is 5.69 Å². The summed E-state index contributed by atoms with van der Waals surface area (Å²) in [7, 11) is 2.15. The van der Waals surface area contributed by atoms with Crippen LogP contribution < -0.4 is 5.73 Å². The monoisotopic (exact) mass is 202 g/mol. The fourth-order valence-corrected chi connectivity index (χ4v) is 1.91. The fraction of sp³-hybridized carbons (Fsp3) is 0.385. The summed E-state index contributed by atoms with van der Waals surface area (Å²) in [5, 5.41) is 0. The van der Waals surface area contributed by atoms with E-state index in [1.165, 1.54) is 16.7 Å². The summed E-state index contributed by atoms with van der Waals surface area (Å²) in [5.41, 5.74) is 10.7. The molecule has 2 N–H and O–H groups in total. The van der Waals surface area contributed by atoms with Crippen molar-refractivity contribution in [2.75, 3.05) is 25.9 Å². The van der Waals surface area contributed by atoms with E-state index < -0.39 is 0 Å². The lowest BCUT2D eigenvalue weighted by atomic mass is 9.97. The molecule has 0 spiro atoms. The maximum absolute atomic E-state index is 5.81.